The normalized spacial score (nSPS) is 14.2. The predicted molar refractivity (Wildman–Crippen MR) is 113 cm³/mol. The largest absolute Gasteiger partial charge is 0.357 e. The van der Waals surface area contributed by atoms with Crippen molar-refractivity contribution in [2.45, 2.75) is 44.6 Å². The molecule has 2 heterocycles. The molecule has 1 fully saturated rings. The Balaban J connectivity index is 1.46. The lowest BCUT2D eigenvalue weighted by Gasteiger charge is -2.17. The molecule has 1 aromatic heterocycles. The zero-order valence-corrected chi connectivity index (χ0v) is 17.8. The molecule has 0 spiro atoms. The third-order valence-electron chi connectivity index (χ3n) is 5.16. The highest BCUT2D eigenvalue weighted by atomic mass is 32.2. The van der Waals surface area contributed by atoms with Crippen molar-refractivity contribution >= 4 is 21.7 Å². The van der Waals surface area contributed by atoms with Crippen LogP contribution in [0.2, 0.25) is 0 Å². The van der Waals surface area contributed by atoms with E-state index in [2.05, 4.69) is 19.9 Å². The highest BCUT2D eigenvalue weighted by Crippen LogP contribution is 2.18. The number of aryl methyl sites for hydroxylation is 2. The fraction of sp³-hybridized carbons (Fsp3) is 0.429. The lowest BCUT2D eigenvalue weighted by Crippen LogP contribution is -2.30. The van der Waals surface area contributed by atoms with Gasteiger partial charge in [-0.3, -0.25) is 4.79 Å². The molecular weight excluding hydrogens is 388 g/mol. The predicted octanol–water partition coefficient (Wildman–Crippen LogP) is 2.28. The summed E-state index contributed by atoms with van der Waals surface area (Å²) in [6.07, 6.45) is 4.20. The van der Waals surface area contributed by atoms with Crippen molar-refractivity contribution in [3.05, 3.63) is 53.2 Å². The number of hydrogen-bond acceptors (Lipinski definition) is 5. The van der Waals surface area contributed by atoms with Gasteiger partial charge in [0.2, 0.25) is 15.9 Å². The topological polar surface area (TPSA) is 91.4 Å². The van der Waals surface area contributed by atoms with Gasteiger partial charge in [-0.15, -0.1) is 0 Å². The first-order valence-corrected chi connectivity index (χ1v) is 11.4. The summed E-state index contributed by atoms with van der Waals surface area (Å²) in [5.74, 6) is 0.739. The van der Waals surface area contributed by atoms with E-state index in [1.165, 1.54) is 12.8 Å². The Morgan fingerprint density at radius 1 is 1.10 bits per heavy atom. The van der Waals surface area contributed by atoms with E-state index < -0.39 is 10.0 Å². The third-order valence-corrected chi connectivity index (χ3v) is 6.62. The standard InChI is InChI=1S/C21H28N4O3S/c1-16-5-6-19(13-17(16)2)29(27,28)24-10-8-21(26)23-15-18-7-9-22-20(14-18)25-11-3-4-12-25/h5-7,9,13-14,24H,3-4,8,10-12,15H2,1-2H3,(H,23,26). The van der Waals surface area contributed by atoms with Crippen molar-refractivity contribution < 1.29 is 13.2 Å². The smallest absolute Gasteiger partial charge is 0.240 e. The Bertz CT molecular complexity index is 970. The molecule has 1 amide bonds. The van der Waals surface area contributed by atoms with Crippen LogP contribution < -0.4 is 14.9 Å². The molecule has 0 saturated carbocycles. The molecule has 156 valence electrons. The van der Waals surface area contributed by atoms with Crippen LogP contribution in [0.15, 0.2) is 41.4 Å². The van der Waals surface area contributed by atoms with Crippen LogP contribution in [0.4, 0.5) is 5.82 Å². The Labute approximate surface area is 172 Å². The van der Waals surface area contributed by atoms with E-state index in [1.807, 2.05) is 26.0 Å². The molecule has 0 radical (unpaired) electrons. The summed E-state index contributed by atoms with van der Waals surface area (Å²) in [4.78, 5) is 19.0. The van der Waals surface area contributed by atoms with Crippen LogP contribution >= 0.6 is 0 Å². The van der Waals surface area contributed by atoms with Crippen molar-refractivity contribution in [2.75, 3.05) is 24.5 Å². The number of aromatic nitrogens is 1. The van der Waals surface area contributed by atoms with Gasteiger partial charge in [0.25, 0.3) is 0 Å². The number of amides is 1. The maximum atomic E-state index is 12.4. The molecule has 0 bridgehead atoms. The van der Waals surface area contributed by atoms with Crippen LogP contribution in [0.1, 0.15) is 36.0 Å². The summed E-state index contributed by atoms with van der Waals surface area (Å²) in [6.45, 7) is 6.28. The van der Waals surface area contributed by atoms with Gasteiger partial charge in [0, 0.05) is 38.8 Å². The summed E-state index contributed by atoms with van der Waals surface area (Å²) >= 11 is 0. The minimum atomic E-state index is -3.62. The van der Waals surface area contributed by atoms with Crippen LogP contribution in [0, 0.1) is 13.8 Å². The summed E-state index contributed by atoms with van der Waals surface area (Å²) in [7, 11) is -3.62. The SMILES string of the molecule is Cc1ccc(S(=O)(=O)NCCC(=O)NCc2ccnc(N3CCCC3)c2)cc1C. The van der Waals surface area contributed by atoms with Gasteiger partial charge >= 0.3 is 0 Å². The number of carbonyl (C=O) groups excluding carboxylic acids is 1. The number of benzene rings is 1. The quantitative estimate of drug-likeness (QED) is 0.689. The summed E-state index contributed by atoms with van der Waals surface area (Å²) in [5.41, 5.74) is 2.93. The third kappa shape index (κ3) is 5.77. The first-order valence-electron chi connectivity index (χ1n) is 9.89. The first kappa shape index (κ1) is 21.3. The minimum absolute atomic E-state index is 0.0520. The fourth-order valence-electron chi connectivity index (χ4n) is 3.24. The van der Waals surface area contributed by atoms with E-state index in [-0.39, 0.29) is 23.8 Å². The van der Waals surface area contributed by atoms with Crippen LogP contribution in [-0.4, -0.2) is 38.9 Å². The van der Waals surface area contributed by atoms with Crippen LogP contribution in [0.5, 0.6) is 0 Å². The Morgan fingerprint density at radius 2 is 1.86 bits per heavy atom. The van der Waals surface area contributed by atoms with E-state index in [0.29, 0.717) is 6.54 Å². The molecule has 1 saturated heterocycles. The molecular formula is C21H28N4O3S. The lowest BCUT2D eigenvalue weighted by atomic mass is 10.1. The molecule has 29 heavy (non-hydrogen) atoms. The molecule has 1 aliphatic rings. The second-order valence-corrected chi connectivity index (χ2v) is 9.15. The maximum absolute atomic E-state index is 12.4. The molecule has 3 rings (SSSR count). The monoisotopic (exact) mass is 416 g/mol. The summed E-state index contributed by atoms with van der Waals surface area (Å²) in [6, 6.07) is 8.86. The van der Waals surface area contributed by atoms with Gasteiger partial charge in [0.15, 0.2) is 0 Å². The molecule has 8 heteroatoms. The Hall–Kier alpha value is -2.45. The van der Waals surface area contributed by atoms with Gasteiger partial charge in [-0.05, 0) is 67.6 Å². The molecule has 0 unspecified atom stereocenters. The Kier molecular flexibility index (Phi) is 6.87. The van der Waals surface area contributed by atoms with Gasteiger partial charge in [-0.1, -0.05) is 6.07 Å². The lowest BCUT2D eigenvalue weighted by molar-refractivity contribution is -0.121. The van der Waals surface area contributed by atoms with Gasteiger partial charge in [0.05, 0.1) is 4.90 Å². The summed E-state index contributed by atoms with van der Waals surface area (Å²) in [5, 5.41) is 2.84. The number of hydrogen-bond donors (Lipinski definition) is 2. The van der Waals surface area contributed by atoms with Gasteiger partial charge in [-0.25, -0.2) is 18.1 Å². The van der Waals surface area contributed by atoms with E-state index in [0.717, 1.165) is 35.6 Å². The van der Waals surface area contributed by atoms with Crippen LogP contribution in [-0.2, 0) is 21.4 Å². The van der Waals surface area contributed by atoms with Crippen molar-refractivity contribution in [1.82, 2.24) is 15.0 Å². The number of pyridine rings is 1. The molecule has 2 aromatic rings. The average Bonchev–Trinajstić information content (AvgIpc) is 3.23. The number of anilines is 1. The van der Waals surface area contributed by atoms with E-state index in [1.54, 1.807) is 24.4 Å². The van der Waals surface area contributed by atoms with E-state index in [9.17, 15) is 13.2 Å². The van der Waals surface area contributed by atoms with Crippen molar-refractivity contribution in [3.63, 3.8) is 0 Å². The molecule has 7 nitrogen and oxygen atoms in total. The highest BCUT2D eigenvalue weighted by molar-refractivity contribution is 7.89. The second kappa shape index (κ2) is 9.37. The second-order valence-electron chi connectivity index (χ2n) is 7.39. The molecule has 1 aromatic carbocycles. The maximum Gasteiger partial charge on any atom is 0.240 e. The number of rotatable bonds is 8. The van der Waals surface area contributed by atoms with E-state index in [4.69, 9.17) is 0 Å². The zero-order chi connectivity index (χ0) is 20.9. The van der Waals surface area contributed by atoms with Crippen LogP contribution in [0.25, 0.3) is 0 Å². The molecule has 0 aliphatic carbocycles. The van der Waals surface area contributed by atoms with Gasteiger partial charge in [0.1, 0.15) is 5.82 Å². The number of nitrogens with zero attached hydrogens (tertiary/aromatic N) is 2. The van der Waals surface area contributed by atoms with Crippen molar-refractivity contribution in [2.24, 2.45) is 0 Å². The van der Waals surface area contributed by atoms with Crippen LogP contribution in [0.3, 0.4) is 0 Å². The number of carbonyl (C=O) groups is 1. The highest BCUT2D eigenvalue weighted by Gasteiger charge is 2.16. The number of sulfonamides is 1. The summed E-state index contributed by atoms with van der Waals surface area (Å²) < 4.78 is 27.2. The van der Waals surface area contributed by atoms with Gasteiger partial charge < -0.3 is 10.2 Å². The zero-order valence-electron chi connectivity index (χ0n) is 16.9. The average molecular weight is 417 g/mol. The molecule has 1 aliphatic heterocycles. The minimum Gasteiger partial charge on any atom is -0.357 e. The first-order chi connectivity index (χ1) is 13.8. The number of nitrogens with one attached hydrogen (secondary N) is 2. The van der Waals surface area contributed by atoms with Crippen molar-refractivity contribution in [1.29, 1.82) is 0 Å². The fourth-order valence-corrected chi connectivity index (χ4v) is 4.36. The Morgan fingerprint density at radius 3 is 2.59 bits per heavy atom. The molecule has 2 N–H and O–H groups in total. The van der Waals surface area contributed by atoms with E-state index >= 15 is 0 Å². The molecule has 0 atom stereocenters. The van der Waals surface area contributed by atoms with Gasteiger partial charge in [-0.2, -0.15) is 0 Å². The van der Waals surface area contributed by atoms with Crippen molar-refractivity contribution in [3.8, 4) is 0 Å².